The van der Waals surface area contributed by atoms with Crippen LogP contribution in [0.5, 0.6) is 0 Å². The molecule has 0 aliphatic heterocycles. The zero-order valence-corrected chi connectivity index (χ0v) is 30.7. The number of aldehydes is 1. The van der Waals surface area contributed by atoms with Crippen molar-refractivity contribution in [3.05, 3.63) is 42.7 Å². The Bertz CT molecular complexity index is 849. The van der Waals surface area contributed by atoms with Crippen LogP contribution in [0.25, 0.3) is 0 Å². The van der Waals surface area contributed by atoms with E-state index in [1.807, 2.05) is 5.38 Å². The summed E-state index contributed by atoms with van der Waals surface area (Å²) in [4.78, 5) is 22.6. The second kappa shape index (κ2) is 33.9. The molecule has 0 saturated carbocycles. The lowest BCUT2D eigenvalue weighted by Gasteiger charge is -2.02. The normalized spacial score (nSPS) is 10.2. The van der Waals surface area contributed by atoms with Gasteiger partial charge in [-0.1, -0.05) is 137 Å². The van der Waals surface area contributed by atoms with Gasteiger partial charge in [0.05, 0.1) is 8.66 Å². The number of aryl methyl sites for hydroxylation is 2. The van der Waals surface area contributed by atoms with Gasteiger partial charge in [-0.2, -0.15) is 0 Å². The molecule has 1 amide bonds. The molecule has 0 aliphatic carbocycles. The van der Waals surface area contributed by atoms with E-state index in [1.165, 1.54) is 155 Å². The Morgan fingerprint density at radius 2 is 0.953 bits per heavy atom. The van der Waals surface area contributed by atoms with E-state index in [-0.39, 0.29) is 7.43 Å². The number of hydrogen-bond donors (Lipinski definition) is 0. The van der Waals surface area contributed by atoms with Crippen molar-refractivity contribution >= 4 is 51.3 Å². The maximum Gasteiger partial charge on any atom is 0.209 e. The third kappa shape index (κ3) is 28.2. The van der Waals surface area contributed by atoms with Crippen molar-refractivity contribution in [3.63, 3.8) is 0 Å². The minimum Gasteiger partial charge on any atom is -0.351 e. The number of halogens is 1. The predicted octanol–water partition coefficient (Wildman–Crippen LogP) is 13.3. The predicted molar refractivity (Wildman–Crippen MR) is 199 cm³/mol. The van der Waals surface area contributed by atoms with Crippen LogP contribution in [-0.2, 0) is 17.6 Å². The Morgan fingerprint density at radius 1 is 0.605 bits per heavy atom. The first-order chi connectivity index (χ1) is 20.5. The highest BCUT2D eigenvalue weighted by Crippen LogP contribution is 2.25. The number of carbonyl (C=O) groups is 2. The summed E-state index contributed by atoms with van der Waals surface area (Å²) in [5.41, 5.74) is 2.75. The van der Waals surface area contributed by atoms with Crippen LogP contribution in [0.2, 0.25) is 0 Å². The molecular weight excluding hydrogens is 634 g/mol. The lowest BCUT2D eigenvalue weighted by Crippen LogP contribution is -2.06. The molecule has 0 aliphatic rings. The van der Waals surface area contributed by atoms with Gasteiger partial charge >= 0.3 is 0 Å². The van der Waals surface area contributed by atoms with Gasteiger partial charge in [0.2, 0.25) is 6.41 Å². The minimum absolute atomic E-state index is 0. The molecule has 0 fully saturated rings. The molecule has 0 bridgehead atoms. The summed E-state index contributed by atoms with van der Waals surface area (Å²) in [6, 6.07) is 4.35. The smallest absolute Gasteiger partial charge is 0.209 e. The van der Waals surface area contributed by atoms with Crippen LogP contribution >= 0.6 is 38.6 Å². The Labute approximate surface area is 283 Å². The topological polar surface area (TPSA) is 37.4 Å². The van der Waals surface area contributed by atoms with Crippen LogP contribution in [0, 0.1) is 0 Å². The third-order valence-corrected chi connectivity index (χ3v) is 10.1. The molecule has 2 rings (SSSR count). The average molecular weight is 701 g/mol. The summed E-state index contributed by atoms with van der Waals surface area (Å²) >= 11 is 6.97. The molecule has 0 atom stereocenters. The highest BCUT2D eigenvalue weighted by atomic mass is 79.9. The molecule has 0 unspecified atom stereocenters. The lowest BCUT2D eigenvalue weighted by atomic mass is 10.0. The molecule has 43 heavy (non-hydrogen) atoms. The van der Waals surface area contributed by atoms with Crippen molar-refractivity contribution in [3.8, 4) is 0 Å². The number of unbranched alkanes of at least 4 members (excludes halogenated alkanes) is 18. The second-order valence-electron chi connectivity index (χ2n) is 11.6. The number of amides is 1. The average Bonchev–Trinajstić information content (AvgIpc) is 3.63. The molecule has 0 radical (unpaired) electrons. The van der Waals surface area contributed by atoms with E-state index in [2.05, 4.69) is 47.3 Å². The zero-order valence-electron chi connectivity index (χ0n) is 27.5. The molecule has 2 heterocycles. The van der Waals surface area contributed by atoms with E-state index in [9.17, 15) is 9.59 Å². The Morgan fingerprint density at radius 3 is 1.30 bits per heavy atom. The van der Waals surface area contributed by atoms with E-state index in [1.54, 1.807) is 36.8 Å². The van der Waals surface area contributed by atoms with Gasteiger partial charge in [-0.25, -0.2) is 0 Å². The summed E-state index contributed by atoms with van der Waals surface area (Å²) in [6.45, 7) is 4.55. The molecule has 250 valence electrons. The molecule has 0 spiro atoms. The fourth-order valence-corrected chi connectivity index (χ4v) is 6.85. The van der Waals surface area contributed by atoms with Crippen molar-refractivity contribution in [1.82, 2.24) is 4.90 Å². The van der Waals surface area contributed by atoms with Gasteiger partial charge in [0.25, 0.3) is 0 Å². The summed E-state index contributed by atoms with van der Waals surface area (Å²) < 4.78 is 1.33. The molecule has 0 saturated heterocycles. The fraction of sp³-hybridized carbons (Fsp3) is 0.730. The van der Waals surface area contributed by atoms with Gasteiger partial charge in [0.1, 0.15) is 0 Å². The molecule has 0 N–H and O–H groups in total. The SMILES string of the molecule is C.CCCCCCCCCCCCc1ccsc1Br.CCCCCCCCCCCCc1ccsc1C=O.CN(C)C=O. The van der Waals surface area contributed by atoms with E-state index in [4.69, 9.17) is 0 Å². The van der Waals surface area contributed by atoms with Crippen molar-refractivity contribution in [2.45, 2.75) is 163 Å². The molecule has 3 nitrogen and oxygen atoms in total. The lowest BCUT2D eigenvalue weighted by molar-refractivity contribution is -0.115. The number of thiophene rings is 2. The maximum absolute atomic E-state index is 10.8. The van der Waals surface area contributed by atoms with Gasteiger partial charge in [-0.15, -0.1) is 22.7 Å². The van der Waals surface area contributed by atoms with Gasteiger partial charge in [-0.05, 0) is 75.6 Å². The van der Waals surface area contributed by atoms with Crippen LogP contribution in [0.1, 0.15) is 170 Å². The molecular formula is C37H66BrNO2S2. The summed E-state index contributed by atoms with van der Waals surface area (Å²) in [5.74, 6) is 0. The Kier molecular flexibility index (Phi) is 34.8. The van der Waals surface area contributed by atoms with Crippen molar-refractivity contribution < 1.29 is 9.59 Å². The first-order valence-corrected chi connectivity index (χ1v) is 19.4. The highest BCUT2D eigenvalue weighted by molar-refractivity contribution is 9.11. The first kappa shape index (κ1) is 44.1. The van der Waals surface area contributed by atoms with Crippen LogP contribution < -0.4 is 0 Å². The van der Waals surface area contributed by atoms with Crippen molar-refractivity contribution in [1.29, 1.82) is 0 Å². The number of rotatable bonds is 24. The summed E-state index contributed by atoms with van der Waals surface area (Å²) in [6.07, 6.45) is 32.0. The number of hydrogen-bond acceptors (Lipinski definition) is 4. The minimum atomic E-state index is 0. The van der Waals surface area contributed by atoms with E-state index >= 15 is 0 Å². The van der Waals surface area contributed by atoms with Gasteiger partial charge in [-0.3, -0.25) is 9.59 Å². The van der Waals surface area contributed by atoms with E-state index < -0.39 is 0 Å². The number of nitrogens with zero attached hydrogens (tertiary/aromatic N) is 1. The first-order valence-electron chi connectivity index (χ1n) is 16.8. The molecule has 6 heteroatoms. The zero-order chi connectivity index (χ0) is 31.1. The standard InChI is InChI=1S/C17H28OS.C16H27BrS.C3H7NO.CH4/c1-2-3-4-5-6-7-8-9-10-11-12-16-13-14-19-17(16)15-18;1-2-3-4-5-6-7-8-9-10-11-12-15-13-14-18-16(15)17;1-4(2)3-5;/h13-15H,2-12H2,1H3;13-14H,2-12H2,1H3;3H,1-2H3;1H4. The highest BCUT2D eigenvalue weighted by Gasteiger charge is 2.03. The Hall–Kier alpha value is -0.980. The van der Waals surface area contributed by atoms with Crippen molar-refractivity contribution in [2.24, 2.45) is 0 Å². The second-order valence-corrected chi connectivity index (χ2v) is 14.8. The molecule has 2 aromatic rings. The molecule has 0 aromatic carbocycles. The van der Waals surface area contributed by atoms with Crippen LogP contribution in [0.4, 0.5) is 0 Å². The quantitative estimate of drug-likeness (QED) is 0.0807. The molecule has 2 aromatic heterocycles. The van der Waals surface area contributed by atoms with Crippen LogP contribution in [0.15, 0.2) is 26.7 Å². The van der Waals surface area contributed by atoms with Crippen LogP contribution in [0.3, 0.4) is 0 Å². The van der Waals surface area contributed by atoms with Crippen LogP contribution in [-0.4, -0.2) is 31.7 Å². The van der Waals surface area contributed by atoms with E-state index in [0.717, 1.165) is 24.0 Å². The fourth-order valence-electron chi connectivity index (χ4n) is 4.76. The monoisotopic (exact) mass is 699 g/mol. The van der Waals surface area contributed by atoms with Gasteiger partial charge in [0.15, 0.2) is 6.29 Å². The van der Waals surface area contributed by atoms with Gasteiger partial charge in [0, 0.05) is 14.1 Å². The summed E-state index contributed by atoms with van der Waals surface area (Å²) in [7, 11) is 3.38. The largest absolute Gasteiger partial charge is 0.351 e. The van der Waals surface area contributed by atoms with Crippen molar-refractivity contribution in [2.75, 3.05) is 14.1 Å². The third-order valence-electron chi connectivity index (χ3n) is 7.39. The van der Waals surface area contributed by atoms with E-state index in [0.29, 0.717) is 0 Å². The Balaban J connectivity index is 0. The maximum atomic E-state index is 10.8. The van der Waals surface area contributed by atoms with Gasteiger partial charge < -0.3 is 4.90 Å². The summed E-state index contributed by atoms with van der Waals surface area (Å²) in [5, 5.41) is 4.20. The number of carbonyl (C=O) groups excluding carboxylic acids is 2.